The smallest absolute Gasteiger partial charge is 0.414 e. The quantitative estimate of drug-likeness (QED) is 0.318. The van der Waals surface area contributed by atoms with E-state index in [1.165, 1.54) is 32.0 Å². The first-order valence-corrected chi connectivity index (χ1v) is 8.86. The van der Waals surface area contributed by atoms with Gasteiger partial charge in [-0.15, -0.1) is 0 Å². The van der Waals surface area contributed by atoms with Gasteiger partial charge in [-0.2, -0.15) is 0 Å². The topological polar surface area (TPSA) is 130 Å². The highest BCUT2D eigenvalue weighted by Gasteiger charge is 2.15. The molecule has 0 amide bonds. The number of carbonyl (C=O) groups is 2. The summed E-state index contributed by atoms with van der Waals surface area (Å²) in [5, 5.41) is 25.6. The van der Waals surface area contributed by atoms with Crippen molar-refractivity contribution in [2.24, 2.45) is 5.92 Å². The third-order valence-corrected chi connectivity index (χ3v) is 4.25. The first-order chi connectivity index (χ1) is 12.8. The molecular weight excluding hydrogens is 356 g/mol. The zero-order valence-corrected chi connectivity index (χ0v) is 15.4. The first-order valence-electron chi connectivity index (χ1n) is 8.86. The molecule has 0 saturated carbocycles. The van der Waals surface area contributed by atoms with Crippen molar-refractivity contribution in [1.29, 1.82) is 0 Å². The largest absolute Gasteiger partial charge is 0.487 e. The number of carboxylic acid groups (broad SMARTS) is 2. The molecule has 1 aliphatic rings. The fraction of sp³-hybridized carbons (Fsp3) is 0.556. The van der Waals surface area contributed by atoms with Crippen molar-refractivity contribution >= 4 is 17.6 Å². The normalized spacial score (nSPS) is 14.7. The zero-order chi connectivity index (χ0) is 20.2. The molecule has 1 saturated heterocycles. The molecule has 9 heteroatoms. The molecule has 2 N–H and O–H groups in total. The van der Waals surface area contributed by atoms with E-state index in [0.717, 1.165) is 25.3 Å². The molecule has 0 spiro atoms. The zero-order valence-electron chi connectivity index (χ0n) is 15.4. The average Bonchev–Trinajstić information content (AvgIpc) is 2.63. The van der Waals surface area contributed by atoms with Gasteiger partial charge in [0.2, 0.25) is 0 Å². The predicted octanol–water partition coefficient (Wildman–Crippen LogP) is 2.64. The van der Waals surface area contributed by atoms with E-state index in [2.05, 4.69) is 11.8 Å². The molecule has 1 aromatic rings. The van der Waals surface area contributed by atoms with Crippen LogP contribution in [-0.4, -0.2) is 58.2 Å². The van der Waals surface area contributed by atoms with Crippen LogP contribution in [0.15, 0.2) is 24.3 Å². The number of aliphatic carboxylic acids is 2. The summed E-state index contributed by atoms with van der Waals surface area (Å²) in [6.45, 7) is 6.36. The summed E-state index contributed by atoms with van der Waals surface area (Å²) < 4.78 is 5.54. The minimum Gasteiger partial charge on any atom is -0.487 e. The van der Waals surface area contributed by atoms with E-state index in [0.29, 0.717) is 12.4 Å². The number of hydrogen-bond acceptors (Lipinski definition) is 6. The summed E-state index contributed by atoms with van der Waals surface area (Å²) >= 11 is 0. The summed E-state index contributed by atoms with van der Waals surface area (Å²) in [5.41, 5.74) is 0.0440. The number of nitrogens with zero attached hydrogens (tertiary/aromatic N) is 2. The lowest BCUT2D eigenvalue weighted by molar-refractivity contribution is -0.385. The Balaban J connectivity index is 0.000000527. The number of ether oxygens (including phenoxy) is 1. The molecule has 0 radical (unpaired) electrons. The lowest BCUT2D eigenvalue weighted by atomic mass is 9.99. The van der Waals surface area contributed by atoms with E-state index in [-0.39, 0.29) is 5.69 Å². The summed E-state index contributed by atoms with van der Waals surface area (Å²) in [6, 6.07) is 6.55. The van der Waals surface area contributed by atoms with Gasteiger partial charge in [0.05, 0.1) is 11.5 Å². The van der Waals surface area contributed by atoms with E-state index in [4.69, 9.17) is 24.5 Å². The molecule has 150 valence electrons. The van der Waals surface area contributed by atoms with Gasteiger partial charge >= 0.3 is 17.6 Å². The minimum absolute atomic E-state index is 0.0440. The number of para-hydroxylation sites is 2. The molecule has 1 aliphatic heterocycles. The molecular formula is C18H26N2O7. The van der Waals surface area contributed by atoms with Crippen LogP contribution in [0.3, 0.4) is 0 Å². The number of nitro benzene ring substituents is 1. The first kappa shape index (κ1) is 22.4. The predicted molar refractivity (Wildman–Crippen MR) is 97.9 cm³/mol. The average molecular weight is 382 g/mol. The van der Waals surface area contributed by atoms with Crippen molar-refractivity contribution in [1.82, 2.24) is 4.90 Å². The monoisotopic (exact) mass is 382 g/mol. The van der Waals surface area contributed by atoms with Gasteiger partial charge in [0.15, 0.2) is 5.75 Å². The minimum atomic E-state index is -1.82. The summed E-state index contributed by atoms with van der Waals surface area (Å²) in [7, 11) is 0. The van der Waals surface area contributed by atoms with Gasteiger partial charge in [0.1, 0.15) is 0 Å². The number of unbranched alkanes of at least 4 members (excludes halogenated alkanes) is 1. The van der Waals surface area contributed by atoms with E-state index in [1.54, 1.807) is 18.2 Å². The second-order valence-corrected chi connectivity index (χ2v) is 6.41. The number of likely N-dealkylation sites (tertiary alicyclic amines) is 1. The van der Waals surface area contributed by atoms with Gasteiger partial charge in [-0.25, -0.2) is 9.59 Å². The molecule has 1 heterocycles. The lowest BCUT2D eigenvalue weighted by Crippen LogP contribution is -2.33. The van der Waals surface area contributed by atoms with Gasteiger partial charge in [0.25, 0.3) is 0 Å². The third kappa shape index (κ3) is 9.00. The Labute approximate surface area is 157 Å². The van der Waals surface area contributed by atoms with Crippen molar-refractivity contribution in [2.75, 3.05) is 26.2 Å². The van der Waals surface area contributed by atoms with Crippen LogP contribution >= 0.6 is 0 Å². The van der Waals surface area contributed by atoms with Crippen molar-refractivity contribution in [3.05, 3.63) is 34.4 Å². The fourth-order valence-electron chi connectivity index (χ4n) is 2.64. The highest BCUT2D eigenvalue weighted by Crippen LogP contribution is 2.25. The Morgan fingerprint density at radius 2 is 1.78 bits per heavy atom. The Kier molecular flexibility index (Phi) is 9.81. The van der Waals surface area contributed by atoms with Crippen LogP contribution in [0.1, 0.15) is 32.6 Å². The lowest BCUT2D eigenvalue weighted by Gasteiger charge is -2.30. The molecule has 1 fully saturated rings. The van der Waals surface area contributed by atoms with Gasteiger partial charge in [-0.3, -0.25) is 10.1 Å². The third-order valence-electron chi connectivity index (χ3n) is 4.25. The second kappa shape index (κ2) is 11.8. The van der Waals surface area contributed by atoms with Crippen LogP contribution in [0.2, 0.25) is 0 Å². The molecule has 1 aromatic carbocycles. The van der Waals surface area contributed by atoms with E-state index in [9.17, 15) is 10.1 Å². The summed E-state index contributed by atoms with van der Waals surface area (Å²) in [5.74, 6) is -2.41. The molecule has 0 aromatic heterocycles. The fourth-order valence-corrected chi connectivity index (χ4v) is 2.64. The van der Waals surface area contributed by atoms with Crippen LogP contribution in [-0.2, 0) is 9.59 Å². The Morgan fingerprint density at radius 1 is 1.19 bits per heavy atom. The van der Waals surface area contributed by atoms with Gasteiger partial charge in [-0.1, -0.05) is 19.1 Å². The number of carboxylic acids is 2. The molecule has 0 atom stereocenters. The highest BCUT2D eigenvalue weighted by molar-refractivity contribution is 6.27. The molecule has 0 bridgehead atoms. The molecule has 0 unspecified atom stereocenters. The summed E-state index contributed by atoms with van der Waals surface area (Å²) in [6.07, 6.45) is 4.60. The van der Waals surface area contributed by atoms with Crippen molar-refractivity contribution in [3.63, 3.8) is 0 Å². The Morgan fingerprint density at radius 3 is 2.33 bits per heavy atom. The van der Waals surface area contributed by atoms with Crippen molar-refractivity contribution in [3.8, 4) is 5.75 Å². The molecule has 2 rings (SSSR count). The summed E-state index contributed by atoms with van der Waals surface area (Å²) in [4.78, 5) is 31.2. The van der Waals surface area contributed by atoms with E-state index >= 15 is 0 Å². The van der Waals surface area contributed by atoms with Crippen molar-refractivity contribution in [2.45, 2.75) is 32.6 Å². The standard InChI is InChI=1S/C16H24N2O3.C2H2O4/c1-14-8-11-17(12-9-14)10-4-5-13-21-16-7-3-2-6-15(16)18(19)20;3-1(4)2(5)6/h2-3,6-7,14H,4-5,8-13H2,1H3;(H,3,4)(H,5,6). The van der Waals surface area contributed by atoms with Gasteiger partial charge < -0.3 is 19.8 Å². The van der Waals surface area contributed by atoms with Crippen LogP contribution in [0.4, 0.5) is 5.69 Å². The molecule has 9 nitrogen and oxygen atoms in total. The van der Waals surface area contributed by atoms with Gasteiger partial charge in [-0.05, 0) is 57.3 Å². The van der Waals surface area contributed by atoms with Crippen molar-refractivity contribution < 1.29 is 29.5 Å². The van der Waals surface area contributed by atoms with Crippen LogP contribution in [0.5, 0.6) is 5.75 Å². The number of hydrogen-bond donors (Lipinski definition) is 2. The SMILES string of the molecule is CC1CCN(CCCCOc2ccccc2[N+](=O)[O-])CC1.O=C(O)C(=O)O. The number of benzene rings is 1. The Bertz CT molecular complexity index is 616. The maximum atomic E-state index is 10.9. The second-order valence-electron chi connectivity index (χ2n) is 6.41. The highest BCUT2D eigenvalue weighted by atomic mass is 16.6. The van der Waals surface area contributed by atoms with E-state index < -0.39 is 16.9 Å². The van der Waals surface area contributed by atoms with Gasteiger partial charge in [0, 0.05) is 6.07 Å². The molecule has 0 aliphatic carbocycles. The molecule has 27 heavy (non-hydrogen) atoms. The number of rotatable bonds is 7. The van der Waals surface area contributed by atoms with Crippen LogP contribution in [0.25, 0.3) is 0 Å². The number of piperidine rings is 1. The number of nitro groups is 1. The maximum absolute atomic E-state index is 10.9. The maximum Gasteiger partial charge on any atom is 0.414 e. The van der Waals surface area contributed by atoms with Crippen LogP contribution in [0, 0.1) is 16.0 Å². The van der Waals surface area contributed by atoms with E-state index in [1.807, 2.05) is 0 Å². The Hall–Kier alpha value is -2.68. The van der Waals surface area contributed by atoms with Crippen LogP contribution < -0.4 is 4.74 Å².